The standard InChI is InChI=1S/C16H22FN3O/c1-13(14-3-2-4-15(17)12-14)11-16(21)19-7-10-20-8-5-18-6-9-20/h2-4,11-12,18H,5-10H2,1H3,(H,19,21). The van der Waals surface area contributed by atoms with Gasteiger partial charge >= 0.3 is 0 Å². The molecule has 1 aliphatic heterocycles. The van der Waals surface area contributed by atoms with E-state index in [1.165, 1.54) is 18.2 Å². The quantitative estimate of drug-likeness (QED) is 0.803. The van der Waals surface area contributed by atoms with Crippen molar-refractivity contribution in [2.45, 2.75) is 6.92 Å². The Labute approximate surface area is 125 Å². The second kappa shape index (κ2) is 7.90. The molecule has 0 spiro atoms. The van der Waals surface area contributed by atoms with E-state index in [4.69, 9.17) is 0 Å². The van der Waals surface area contributed by atoms with Gasteiger partial charge in [0.05, 0.1) is 0 Å². The summed E-state index contributed by atoms with van der Waals surface area (Å²) in [7, 11) is 0. The van der Waals surface area contributed by atoms with Gasteiger partial charge in [-0.25, -0.2) is 4.39 Å². The van der Waals surface area contributed by atoms with Crippen LogP contribution in [0, 0.1) is 5.82 Å². The third kappa shape index (κ3) is 5.28. The van der Waals surface area contributed by atoms with Crippen LogP contribution in [-0.4, -0.2) is 50.1 Å². The number of hydrogen-bond donors (Lipinski definition) is 2. The fraction of sp³-hybridized carbons (Fsp3) is 0.438. The van der Waals surface area contributed by atoms with E-state index in [9.17, 15) is 9.18 Å². The maximum absolute atomic E-state index is 13.1. The molecule has 0 atom stereocenters. The fourth-order valence-corrected chi connectivity index (χ4v) is 2.34. The Bertz CT molecular complexity index is 510. The van der Waals surface area contributed by atoms with Crippen LogP contribution >= 0.6 is 0 Å². The van der Waals surface area contributed by atoms with Gasteiger partial charge in [-0.1, -0.05) is 12.1 Å². The summed E-state index contributed by atoms with van der Waals surface area (Å²) in [5, 5.41) is 6.17. The van der Waals surface area contributed by atoms with Gasteiger partial charge in [-0.15, -0.1) is 0 Å². The van der Waals surface area contributed by atoms with Crippen molar-refractivity contribution in [3.8, 4) is 0 Å². The number of carbonyl (C=O) groups excluding carboxylic acids is 1. The van der Waals surface area contributed by atoms with Gasteiger partial charge in [0.25, 0.3) is 0 Å². The van der Waals surface area contributed by atoms with Crippen molar-refractivity contribution in [3.63, 3.8) is 0 Å². The molecule has 1 aromatic carbocycles. The smallest absolute Gasteiger partial charge is 0.244 e. The van der Waals surface area contributed by atoms with Crippen molar-refractivity contribution in [1.82, 2.24) is 15.5 Å². The molecule has 0 aliphatic carbocycles. The number of nitrogens with zero attached hydrogens (tertiary/aromatic N) is 1. The van der Waals surface area contributed by atoms with E-state index >= 15 is 0 Å². The molecule has 2 N–H and O–H groups in total. The van der Waals surface area contributed by atoms with Crippen molar-refractivity contribution >= 4 is 11.5 Å². The van der Waals surface area contributed by atoms with Gasteiger partial charge < -0.3 is 10.6 Å². The Balaban J connectivity index is 1.78. The predicted molar refractivity (Wildman–Crippen MR) is 82.4 cm³/mol. The van der Waals surface area contributed by atoms with Crippen LogP contribution < -0.4 is 10.6 Å². The van der Waals surface area contributed by atoms with Crippen molar-refractivity contribution in [2.75, 3.05) is 39.3 Å². The summed E-state index contributed by atoms with van der Waals surface area (Å²) in [5.41, 5.74) is 1.49. The highest BCUT2D eigenvalue weighted by Crippen LogP contribution is 2.14. The van der Waals surface area contributed by atoms with Crippen LogP contribution in [0.1, 0.15) is 12.5 Å². The number of rotatable bonds is 5. The summed E-state index contributed by atoms with van der Waals surface area (Å²) in [5.74, 6) is -0.425. The topological polar surface area (TPSA) is 44.4 Å². The van der Waals surface area contributed by atoms with E-state index in [0.29, 0.717) is 6.54 Å². The lowest BCUT2D eigenvalue weighted by atomic mass is 10.1. The van der Waals surface area contributed by atoms with Crippen LogP contribution in [-0.2, 0) is 4.79 Å². The Morgan fingerprint density at radius 1 is 1.43 bits per heavy atom. The molecule has 1 heterocycles. The van der Waals surface area contributed by atoms with E-state index in [1.807, 2.05) is 6.92 Å². The van der Waals surface area contributed by atoms with Gasteiger partial charge in [0.2, 0.25) is 5.91 Å². The molecule has 0 radical (unpaired) electrons. The zero-order valence-electron chi connectivity index (χ0n) is 12.4. The fourth-order valence-electron chi connectivity index (χ4n) is 2.34. The zero-order valence-corrected chi connectivity index (χ0v) is 12.4. The first-order valence-electron chi connectivity index (χ1n) is 7.30. The van der Waals surface area contributed by atoms with Crippen molar-refractivity contribution < 1.29 is 9.18 Å². The predicted octanol–water partition coefficient (Wildman–Crippen LogP) is 1.25. The SMILES string of the molecule is CC(=CC(=O)NCCN1CCNCC1)c1cccc(F)c1. The summed E-state index contributed by atoms with van der Waals surface area (Å²) in [4.78, 5) is 14.2. The Kier molecular flexibility index (Phi) is 5.90. The molecule has 0 aromatic heterocycles. The number of carbonyl (C=O) groups is 1. The number of benzene rings is 1. The molecule has 1 fully saturated rings. The number of hydrogen-bond acceptors (Lipinski definition) is 3. The lowest BCUT2D eigenvalue weighted by Gasteiger charge is -2.26. The molecule has 0 bridgehead atoms. The molecule has 4 nitrogen and oxygen atoms in total. The summed E-state index contributed by atoms with van der Waals surface area (Å²) in [6, 6.07) is 6.26. The number of piperazine rings is 1. The minimum atomic E-state index is -0.292. The lowest BCUT2D eigenvalue weighted by molar-refractivity contribution is -0.116. The van der Waals surface area contributed by atoms with Crippen molar-refractivity contribution in [3.05, 3.63) is 41.7 Å². The van der Waals surface area contributed by atoms with Crippen LogP contribution in [0.3, 0.4) is 0 Å². The van der Waals surface area contributed by atoms with E-state index in [1.54, 1.807) is 12.1 Å². The molecule has 0 saturated carbocycles. The number of allylic oxidation sites excluding steroid dienone is 1. The van der Waals surface area contributed by atoms with Gasteiger partial charge in [-0.3, -0.25) is 9.69 Å². The molecular weight excluding hydrogens is 269 g/mol. The first-order chi connectivity index (χ1) is 10.1. The zero-order chi connectivity index (χ0) is 15.1. The Morgan fingerprint density at radius 3 is 2.90 bits per heavy atom. The number of amides is 1. The molecule has 1 saturated heterocycles. The monoisotopic (exact) mass is 291 g/mol. The first-order valence-corrected chi connectivity index (χ1v) is 7.30. The molecule has 114 valence electrons. The summed E-state index contributed by atoms with van der Waals surface area (Å²) < 4.78 is 13.1. The van der Waals surface area contributed by atoms with Crippen molar-refractivity contribution in [1.29, 1.82) is 0 Å². The molecular formula is C16H22FN3O. The molecule has 1 amide bonds. The second-order valence-corrected chi connectivity index (χ2v) is 5.22. The van der Waals surface area contributed by atoms with Crippen LogP contribution in [0.15, 0.2) is 30.3 Å². The van der Waals surface area contributed by atoms with E-state index in [2.05, 4.69) is 15.5 Å². The second-order valence-electron chi connectivity index (χ2n) is 5.22. The molecule has 1 aliphatic rings. The lowest BCUT2D eigenvalue weighted by Crippen LogP contribution is -2.46. The molecule has 5 heteroatoms. The maximum Gasteiger partial charge on any atom is 0.244 e. The normalized spacial score (nSPS) is 16.8. The molecule has 2 rings (SSSR count). The van der Waals surface area contributed by atoms with Gasteiger partial charge in [-0.05, 0) is 30.2 Å². The highest BCUT2D eigenvalue weighted by molar-refractivity contribution is 5.94. The maximum atomic E-state index is 13.1. The number of halogens is 1. The third-order valence-electron chi connectivity index (χ3n) is 3.56. The minimum absolute atomic E-state index is 0.133. The van der Waals surface area contributed by atoms with Gasteiger partial charge in [0.15, 0.2) is 0 Å². The first kappa shape index (κ1) is 15.7. The Morgan fingerprint density at radius 2 is 2.19 bits per heavy atom. The molecule has 21 heavy (non-hydrogen) atoms. The van der Waals surface area contributed by atoms with Crippen molar-refractivity contribution in [2.24, 2.45) is 0 Å². The van der Waals surface area contributed by atoms with Gasteiger partial charge in [0.1, 0.15) is 5.82 Å². The van der Waals surface area contributed by atoms with E-state index < -0.39 is 0 Å². The molecule has 0 unspecified atom stereocenters. The van der Waals surface area contributed by atoms with Crippen LogP contribution in [0.2, 0.25) is 0 Å². The minimum Gasteiger partial charge on any atom is -0.351 e. The van der Waals surface area contributed by atoms with Crippen LogP contribution in [0.4, 0.5) is 4.39 Å². The Hall–Kier alpha value is -1.72. The largest absolute Gasteiger partial charge is 0.351 e. The average Bonchev–Trinajstić information content (AvgIpc) is 2.48. The average molecular weight is 291 g/mol. The number of nitrogens with one attached hydrogen (secondary N) is 2. The molecule has 1 aromatic rings. The highest BCUT2D eigenvalue weighted by Gasteiger charge is 2.09. The van der Waals surface area contributed by atoms with E-state index in [0.717, 1.165) is 43.9 Å². The third-order valence-corrected chi connectivity index (χ3v) is 3.56. The summed E-state index contributed by atoms with van der Waals surface area (Å²) in [6.07, 6.45) is 1.52. The van der Waals surface area contributed by atoms with Gasteiger partial charge in [-0.2, -0.15) is 0 Å². The van der Waals surface area contributed by atoms with Crippen LogP contribution in [0.5, 0.6) is 0 Å². The summed E-state index contributed by atoms with van der Waals surface area (Å²) >= 11 is 0. The van der Waals surface area contributed by atoms with E-state index in [-0.39, 0.29) is 11.7 Å². The highest BCUT2D eigenvalue weighted by atomic mass is 19.1. The van der Waals surface area contributed by atoms with Gasteiger partial charge in [0, 0.05) is 45.3 Å². The summed E-state index contributed by atoms with van der Waals surface area (Å²) in [6.45, 7) is 7.36. The van der Waals surface area contributed by atoms with Crippen LogP contribution in [0.25, 0.3) is 5.57 Å².